The minimum absolute atomic E-state index is 0.0128. The lowest BCUT2D eigenvalue weighted by molar-refractivity contribution is -0.145. The van der Waals surface area contributed by atoms with E-state index in [-0.39, 0.29) is 41.0 Å². The van der Waals surface area contributed by atoms with E-state index in [1.807, 2.05) is 19.1 Å². The summed E-state index contributed by atoms with van der Waals surface area (Å²) in [5, 5.41) is 14.1. The first kappa shape index (κ1) is 27.4. The highest BCUT2D eigenvalue weighted by Gasteiger charge is 2.38. The van der Waals surface area contributed by atoms with Crippen molar-refractivity contribution in [3.8, 4) is 5.75 Å². The summed E-state index contributed by atoms with van der Waals surface area (Å²) in [6, 6.07) is 16.5. The molecule has 0 spiro atoms. The summed E-state index contributed by atoms with van der Waals surface area (Å²) in [6.45, 7) is 3.69. The first-order valence-electron chi connectivity index (χ1n) is 11.6. The van der Waals surface area contributed by atoms with Crippen LogP contribution in [0.2, 0.25) is 0 Å². The van der Waals surface area contributed by atoms with E-state index in [2.05, 4.69) is 5.32 Å². The number of carbonyl (C=O) groups excluding carboxylic acids is 1. The lowest BCUT2D eigenvalue weighted by atomic mass is 9.89. The van der Waals surface area contributed by atoms with Crippen LogP contribution in [0.3, 0.4) is 0 Å². The zero-order valence-electron chi connectivity index (χ0n) is 20.0. The predicted molar refractivity (Wildman–Crippen MR) is 134 cm³/mol. The number of aliphatic carboxylic acids is 1. The molecule has 0 saturated carbocycles. The van der Waals surface area contributed by atoms with Crippen molar-refractivity contribution in [1.82, 2.24) is 5.32 Å². The van der Waals surface area contributed by atoms with Gasteiger partial charge in [-0.15, -0.1) is 0 Å². The van der Waals surface area contributed by atoms with E-state index in [0.29, 0.717) is 23.8 Å². The molecule has 3 rings (SSSR count). The molecule has 0 bridgehead atoms. The average Bonchev–Trinajstić information content (AvgIpc) is 2.84. The first-order valence-corrected chi connectivity index (χ1v) is 12.5. The van der Waals surface area contributed by atoms with Crippen LogP contribution in [-0.4, -0.2) is 28.0 Å². The van der Waals surface area contributed by atoms with Crippen LogP contribution in [0.4, 0.5) is 13.2 Å². The molecule has 0 heterocycles. The van der Waals surface area contributed by atoms with Crippen LogP contribution in [0, 0.1) is 0 Å². The summed E-state index contributed by atoms with van der Waals surface area (Å²) in [6.07, 6.45) is 1.95. The monoisotopic (exact) mass is 519 g/mol. The summed E-state index contributed by atoms with van der Waals surface area (Å²) < 4.78 is 43.9. The Balaban J connectivity index is 1.91. The lowest BCUT2D eigenvalue weighted by Gasteiger charge is -2.30. The van der Waals surface area contributed by atoms with Gasteiger partial charge in [-0.05, 0) is 53.8 Å². The number of hydrogen-bond acceptors (Lipinski definition) is 4. The lowest BCUT2D eigenvalue weighted by Crippen LogP contribution is -2.54. The Kier molecular flexibility index (Phi) is 8.89. The highest BCUT2D eigenvalue weighted by atomic mass is 32.2. The Bertz CT molecular complexity index is 1210. The quantitative estimate of drug-likeness (QED) is 0.262. The minimum Gasteiger partial charge on any atom is -0.487 e. The van der Waals surface area contributed by atoms with Gasteiger partial charge in [-0.25, -0.2) is 4.79 Å². The van der Waals surface area contributed by atoms with E-state index in [4.69, 9.17) is 4.74 Å². The van der Waals surface area contributed by atoms with Crippen LogP contribution in [-0.2, 0) is 11.4 Å². The molecule has 5 nitrogen and oxygen atoms in total. The van der Waals surface area contributed by atoms with E-state index in [1.54, 1.807) is 31.2 Å². The highest BCUT2D eigenvalue weighted by Crippen LogP contribution is 2.37. The van der Waals surface area contributed by atoms with Crippen molar-refractivity contribution in [2.24, 2.45) is 0 Å². The molecule has 2 N–H and O–H groups in total. The number of rotatable bonds is 11. The maximum Gasteiger partial charge on any atom is 0.446 e. The number of carbonyl (C=O) groups is 2. The van der Waals surface area contributed by atoms with Gasteiger partial charge < -0.3 is 15.2 Å². The fourth-order valence-corrected chi connectivity index (χ4v) is 4.46. The van der Waals surface area contributed by atoms with Crippen LogP contribution in [0.25, 0.3) is 10.8 Å². The topological polar surface area (TPSA) is 75.6 Å². The fraction of sp³-hybridized carbons (Fsp3) is 0.333. The van der Waals surface area contributed by atoms with Crippen LogP contribution < -0.4 is 10.1 Å². The van der Waals surface area contributed by atoms with Gasteiger partial charge in [-0.1, -0.05) is 69.2 Å². The molecule has 3 aromatic rings. The van der Waals surface area contributed by atoms with Crippen molar-refractivity contribution in [3.63, 3.8) is 0 Å². The highest BCUT2D eigenvalue weighted by molar-refractivity contribution is 8.00. The second-order valence-corrected chi connectivity index (χ2v) is 9.58. The third kappa shape index (κ3) is 6.72. The number of alkyl halides is 3. The Morgan fingerprint density at radius 2 is 1.69 bits per heavy atom. The summed E-state index contributed by atoms with van der Waals surface area (Å²) >= 11 is -0.194. The van der Waals surface area contributed by atoms with Gasteiger partial charge in [0.1, 0.15) is 17.9 Å². The Morgan fingerprint density at radius 1 is 1.00 bits per heavy atom. The van der Waals surface area contributed by atoms with Crippen LogP contribution in [0.5, 0.6) is 5.75 Å². The van der Waals surface area contributed by atoms with Gasteiger partial charge >= 0.3 is 11.5 Å². The van der Waals surface area contributed by atoms with Gasteiger partial charge in [0.2, 0.25) is 0 Å². The van der Waals surface area contributed by atoms with E-state index in [0.717, 1.165) is 11.8 Å². The first-order chi connectivity index (χ1) is 17.1. The molecular formula is C27H28F3NO4S. The molecule has 1 unspecified atom stereocenters. The third-order valence-electron chi connectivity index (χ3n) is 5.99. The van der Waals surface area contributed by atoms with Gasteiger partial charge in [0.25, 0.3) is 5.91 Å². The molecule has 0 saturated heterocycles. The SMILES string of the molecule is CCCCC(CC)(NC(=O)c1ccc2ccccc2c1OCc1ccc(SC(F)(F)F)cc1)C(=O)O. The van der Waals surface area contributed by atoms with Gasteiger partial charge in [0.05, 0.1) is 5.56 Å². The van der Waals surface area contributed by atoms with Crippen molar-refractivity contribution in [2.75, 3.05) is 0 Å². The largest absolute Gasteiger partial charge is 0.487 e. The number of ether oxygens (including phenoxy) is 1. The molecule has 0 radical (unpaired) electrons. The summed E-state index contributed by atoms with van der Waals surface area (Å²) in [7, 11) is 0. The molecule has 0 aliphatic heterocycles. The van der Waals surface area contributed by atoms with Crippen LogP contribution in [0.15, 0.2) is 65.6 Å². The summed E-state index contributed by atoms with van der Waals surface area (Å²) in [4.78, 5) is 25.6. The number of nitrogens with one attached hydrogen (secondary N) is 1. The number of carboxylic acid groups (broad SMARTS) is 1. The summed E-state index contributed by atoms with van der Waals surface area (Å²) in [5.74, 6) is -1.37. The van der Waals surface area contributed by atoms with Gasteiger partial charge in [-0.3, -0.25) is 4.79 Å². The average molecular weight is 520 g/mol. The number of halogens is 3. The van der Waals surface area contributed by atoms with Gasteiger partial charge in [0.15, 0.2) is 0 Å². The Morgan fingerprint density at radius 3 is 2.31 bits per heavy atom. The number of unbranched alkanes of at least 4 members (excludes halogenated alkanes) is 1. The number of fused-ring (bicyclic) bond motifs is 1. The maximum atomic E-state index is 13.4. The molecular weight excluding hydrogens is 491 g/mol. The molecule has 9 heteroatoms. The minimum atomic E-state index is -4.37. The molecule has 36 heavy (non-hydrogen) atoms. The van der Waals surface area contributed by atoms with Gasteiger partial charge in [-0.2, -0.15) is 13.2 Å². The van der Waals surface area contributed by atoms with E-state index in [9.17, 15) is 27.9 Å². The smallest absolute Gasteiger partial charge is 0.446 e. The third-order valence-corrected chi connectivity index (χ3v) is 6.73. The number of carboxylic acids is 1. The Labute approximate surface area is 212 Å². The van der Waals surface area contributed by atoms with Crippen molar-refractivity contribution >= 4 is 34.4 Å². The number of thioether (sulfide) groups is 1. The molecule has 3 aromatic carbocycles. The molecule has 192 valence electrons. The van der Waals surface area contributed by atoms with E-state index in [1.165, 1.54) is 24.3 Å². The predicted octanol–water partition coefficient (Wildman–Crippen LogP) is 7.18. The van der Waals surface area contributed by atoms with Crippen molar-refractivity contribution in [3.05, 3.63) is 71.8 Å². The molecule has 1 amide bonds. The Hall–Kier alpha value is -3.20. The summed E-state index contributed by atoms with van der Waals surface area (Å²) in [5.41, 5.74) is -4.96. The fourth-order valence-electron chi connectivity index (χ4n) is 3.92. The molecule has 1 atom stereocenters. The van der Waals surface area contributed by atoms with E-state index >= 15 is 0 Å². The molecule has 0 aromatic heterocycles. The number of benzene rings is 3. The number of hydrogen-bond donors (Lipinski definition) is 2. The zero-order chi connectivity index (χ0) is 26.3. The standard InChI is InChI=1S/C27H28F3NO4S/c1-3-5-16-26(4-2,25(33)34)31-24(32)22-15-12-19-8-6-7-9-21(19)23(22)35-17-18-10-13-20(14-11-18)36-27(28,29)30/h6-15H,3-5,16-17H2,1-2H3,(H,31,32)(H,33,34). The molecule has 0 fully saturated rings. The van der Waals surface area contributed by atoms with Crippen molar-refractivity contribution in [1.29, 1.82) is 0 Å². The van der Waals surface area contributed by atoms with E-state index < -0.39 is 22.9 Å². The van der Waals surface area contributed by atoms with Crippen molar-refractivity contribution in [2.45, 2.75) is 62.1 Å². The van der Waals surface area contributed by atoms with Crippen LogP contribution in [0.1, 0.15) is 55.5 Å². The molecule has 0 aliphatic carbocycles. The number of amides is 1. The normalized spacial score (nSPS) is 13.2. The molecule has 0 aliphatic rings. The van der Waals surface area contributed by atoms with Crippen LogP contribution >= 0.6 is 11.8 Å². The second-order valence-electron chi connectivity index (χ2n) is 8.44. The second kappa shape index (κ2) is 11.7. The van der Waals surface area contributed by atoms with Gasteiger partial charge in [0, 0.05) is 10.3 Å². The van der Waals surface area contributed by atoms with Crippen molar-refractivity contribution < 1.29 is 32.6 Å². The maximum absolute atomic E-state index is 13.4. The zero-order valence-corrected chi connectivity index (χ0v) is 20.8.